The monoisotopic (exact) mass is 264 g/mol. The Hall–Kier alpha value is -1.63. The maximum Gasteiger partial charge on any atom is 0.333 e. The average molecular weight is 264 g/mol. The first-order chi connectivity index (χ1) is 8.18. The van der Waals surface area contributed by atoms with Crippen LogP contribution in [0.5, 0.6) is 0 Å². The molecule has 7 heteroatoms. The summed E-state index contributed by atoms with van der Waals surface area (Å²) in [5.74, 6) is -0.295. The van der Waals surface area contributed by atoms with Crippen LogP contribution in [0.2, 0.25) is 0 Å². The van der Waals surface area contributed by atoms with E-state index in [1.165, 1.54) is 11.4 Å². The van der Waals surface area contributed by atoms with Crippen molar-refractivity contribution < 1.29 is 19.5 Å². The first kappa shape index (κ1) is 21.6. The van der Waals surface area contributed by atoms with Crippen LogP contribution in [-0.4, -0.2) is 38.3 Å². The van der Waals surface area contributed by atoms with E-state index in [4.69, 9.17) is 20.1 Å². The number of carbonyl (C=O) groups is 1. The van der Waals surface area contributed by atoms with Crippen LogP contribution in [0.1, 0.15) is 27.2 Å². The molecule has 7 nitrogen and oxygen atoms in total. The van der Waals surface area contributed by atoms with Gasteiger partial charge in [-0.05, 0) is 20.3 Å². The Morgan fingerprint density at radius 3 is 1.83 bits per heavy atom. The molecule has 0 saturated heterocycles. The zero-order valence-corrected chi connectivity index (χ0v) is 11.8. The number of rotatable bonds is 4. The Morgan fingerprint density at radius 2 is 1.67 bits per heavy atom. The predicted octanol–water partition coefficient (Wildman–Crippen LogP) is 0.427. The van der Waals surface area contributed by atoms with E-state index in [0.29, 0.717) is 12.2 Å². The van der Waals surface area contributed by atoms with Crippen molar-refractivity contribution in [3.05, 3.63) is 27.5 Å². The molecular formula is C11H24N2O5. The van der Waals surface area contributed by atoms with Crippen molar-refractivity contribution in [3.63, 3.8) is 0 Å². The highest BCUT2D eigenvalue weighted by Crippen LogP contribution is 1.91. The predicted molar refractivity (Wildman–Crippen MR) is 69.8 cm³/mol. The quantitative estimate of drug-likeness (QED) is 0.343. The van der Waals surface area contributed by atoms with E-state index < -0.39 is 5.09 Å². The highest BCUT2D eigenvalue weighted by Gasteiger charge is 1.99. The van der Waals surface area contributed by atoms with Crippen molar-refractivity contribution in [3.8, 4) is 0 Å². The first-order valence-corrected chi connectivity index (χ1v) is 5.62. The molecule has 0 bridgehead atoms. The van der Waals surface area contributed by atoms with Crippen molar-refractivity contribution >= 4 is 5.97 Å². The van der Waals surface area contributed by atoms with Crippen molar-refractivity contribution in [1.82, 2.24) is 0 Å². The van der Waals surface area contributed by atoms with Crippen LogP contribution in [0, 0.1) is 15.3 Å². The fourth-order valence-corrected chi connectivity index (χ4v) is 0.318. The third-order valence-corrected chi connectivity index (χ3v) is 1.49. The van der Waals surface area contributed by atoms with Gasteiger partial charge < -0.3 is 25.0 Å². The minimum Gasteiger partial charge on any atom is -0.462 e. The average Bonchev–Trinajstić information content (AvgIpc) is 2.25. The highest BCUT2D eigenvalue weighted by molar-refractivity contribution is 5.86. The Balaban J connectivity index is -0.000000212. The van der Waals surface area contributed by atoms with E-state index in [1.54, 1.807) is 6.92 Å². The van der Waals surface area contributed by atoms with E-state index in [0.717, 1.165) is 6.42 Å². The molecule has 0 heterocycles. The summed E-state index contributed by atoms with van der Waals surface area (Å²) in [6.45, 7) is 10.9. The van der Waals surface area contributed by atoms with E-state index in [9.17, 15) is 4.79 Å². The minimum atomic E-state index is -1.75. The molecule has 0 aromatic rings. The summed E-state index contributed by atoms with van der Waals surface area (Å²) >= 11 is 0. The fraction of sp³-hybridized carbons (Fsp3) is 0.727. The van der Waals surface area contributed by atoms with Crippen LogP contribution in [-0.2, 0) is 9.53 Å². The lowest BCUT2D eigenvalue weighted by molar-refractivity contribution is -0.856. The second-order valence-electron chi connectivity index (χ2n) is 3.70. The zero-order chi connectivity index (χ0) is 15.1. The molecule has 18 heavy (non-hydrogen) atoms. The molecule has 1 N–H and O–H groups in total. The maximum atomic E-state index is 10.6. The lowest BCUT2D eigenvalue weighted by atomic mass is 10.4. The summed E-state index contributed by atoms with van der Waals surface area (Å²) in [6, 6.07) is 0. The minimum absolute atomic E-state index is 0.295. The molecular weight excluding hydrogens is 240 g/mol. The number of hydrogen-bond donors (Lipinski definition) is 1. The molecule has 0 spiro atoms. The summed E-state index contributed by atoms with van der Waals surface area (Å²) in [6.07, 6.45) is 0.860. The summed E-state index contributed by atoms with van der Waals surface area (Å²) < 4.78 is 4.71. The van der Waals surface area contributed by atoms with Gasteiger partial charge in [-0.3, -0.25) is 0 Å². The summed E-state index contributed by atoms with van der Waals surface area (Å²) in [5, 5.41) is 14.8. The SMILES string of the molecule is C=C(C)C(=O)OCCC.CC[NH+](C)C.O=[N+]([O-])[O-]. The topological polar surface area (TPSA) is 96.9 Å². The second-order valence-corrected chi connectivity index (χ2v) is 3.70. The van der Waals surface area contributed by atoms with Gasteiger partial charge in [0.25, 0.3) is 0 Å². The number of esters is 1. The van der Waals surface area contributed by atoms with Crippen LogP contribution >= 0.6 is 0 Å². The first-order valence-electron chi connectivity index (χ1n) is 5.62. The zero-order valence-electron chi connectivity index (χ0n) is 11.8. The lowest BCUT2D eigenvalue weighted by Gasteiger charge is -1.99. The number of nitrogens with zero attached hydrogens (tertiary/aromatic N) is 1. The van der Waals surface area contributed by atoms with Crippen LogP contribution in [0.15, 0.2) is 12.2 Å². The van der Waals surface area contributed by atoms with E-state index >= 15 is 0 Å². The molecule has 0 aromatic carbocycles. The number of nitrogens with one attached hydrogen (secondary N) is 1. The fourth-order valence-electron chi connectivity index (χ4n) is 0.318. The van der Waals surface area contributed by atoms with E-state index in [-0.39, 0.29) is 5.97 Å². The molecule has 0 aromatic heterocycles. The van der Waals surface area contributed by atoms with Crippen molar-refractivity contribution in [1.29, 1.82) is 0 Å². The van der Waals surface area contributed by atoms with E-state index in [1.807, 2.05) is 6.92 Å². The third-order valence-electron chi connectivity index (χ3n) is 1.49. The van der Waals surface area contributed by atoms with Gasteiger partial charge in [-0.2, -0.15) is 0 Å². The number of quaternary nitrogens is 1. The maximum absolute atomic E-state index is 10.6. The molecule has 0 atom stereocenters. The molecule has 0 aliphatic heterocycles. The van der Waals surface area contributed by atoms with Crippen molar-refractivity contribution in [2.75, 3.05) is 27.2 Å². The van der Waals surface area contributed by atoms with Crippen LogP contribution < -0.4 is 4.90 Å². The van der Waals surface area contributed by atoms with Gasteiger partial charge in [0.05, 0.1) is 32.3 Å². The molecule has 0 fully saturated rings. The molecule has 0 aliphatic carbocycles. The van der Waals surface area contributed by atoms with Crippen molar-refractivity contribution in [2.45, 2.75) is 27.2 Å². The molecule has 0 saturated carbocycles. The Labute approximate surface area is 108 Å². The second kappa shape index (κ2) is 15.4. The Morgan fingerprint density at radius 1 is 1.33 bits per heavy atom. The summed E-state index contributed by atoms with van der Waals surface area (Å²) in [4.78, 5) is 20.3. The van der Waals surface area contributed by atoms with Gasteiger partial charge in [-0.25, -0.2) is 4.79 Å². The summed E-state index contributed by atoms with van der Waals surface area (Å²) in [7, 11) is 4.28. The third kappa shape index (κ3) is 36.7. The lowest BCUT2D eigenvalue weighted by Crippen LogP contribution is -3.05. The molecule has 0 unspecified atom stereocenters. The molecule has 0 radical (unpaired) electrons. The van der Waals surface area contributed by atoms with E-state index in [2.05, 4.69) is 27.6 Å². The number of hydrogen-bond acceptors (Lipinski definition) is 5. The van der Waals surface area contributed by atoms with Gasteiger partial charge >= 0.3 is 5.97 Å². The molecule has 0 aliphatic rings. The van der Waals surface area contributed by atoms with Gasteiger partial charge in [-0.15, -0.1) is 0 Å². The molecule has 0 amide bonds. The van der Waals surface area contributed by atoms with Gasteiger partial charge in [0.1, 0.15) is 0 Å². The van der Waals surface area contributed by atoms with Crippen LogP contribution in [0.25, 0.3) is 0 Å². The van der Waals surface area contributed by atoms with Crippen LogP contribution in [0.4, 0.5) is 0 Å². The summed E-state index contributed by atoms with van der Waals surface area (Å²) in [5.41, 5.74) is 0.462. The molecule has 0 rings (SSSR count). The van der Waals surface area contributed by atoms with Gasteiger partial charge in [0.2, 0.25) is 0 Å². The number of ether oxygens (including phenoxy) is 1. The normalized spacial score (nSPS) is 8.33. The van der Waals surface area contributed by atoms with Gasteiger partial charge in [0.15, 0.2) is 0 Å². The Bertz CT molecular complexity index is 238. The Kier molecular flexibility index (Phi) is 18.5. The largest absolute Gasteiger partial charge is 0.462 e. The van der Waals surface area contributed by atoms with Crippen molar-refractivity contribution in [2.24, 2.45) is 0 Å². The molecule has 108 valence electrons. The van der Waals surface area contributed by atoms with Gasteiger partial charge in [-0.1, -0.05) is 13.5 Å². The highest BCUT2D eigenvalue weighted by atomic mass is 16.9. The van der Waals surface area contributed by atoms with Gasteiger partial charge in [0, 0.05) is 5.57 Å². The number of carbonyl (C=O) groups excluding carboxylic acids is 1. The smallest absolute Gasteiger partial charge is 0.333 e. The standard InChI is InChI=1S/C7H12O2.C4H11N.NO3/c1-4-5-9-7(8)6(2)3;1-4-5(2)3;2-1(3)4/h2,4-5H2,1,3H3;4H2,1-3H3;/q;;-1/p+1. The van der Waals surface area contributed by atoms with Crippen LogP contribution in [0.3, 0.4) is 0 Å².